The van der Waals surface area contributed by atoms with Gasteiger partial charge in [-0.1, -0.05) is 24.8 Å². The van der Waals surface area contributed by atoms with Crippen molar-refractivity contribution in [1.29, 1.82) is 0 Å². The van der Waals surface area contributed by atoms with E-state index in [1.54, 1.807) is 24.4 Å². The van der Waals surface area contributed by atoms with E-state index in [-0.39, 0.29) is 18.1 Å². The average molecular weight is 312 g/mol. The highest BCUT2D eigenvalue weighted by Gasteiger charge is 2.02. The van der Waals surface area contributed by atoms with Gasteiger partial charge in [-0.3, -0.25) is 4.79 Å². The molecule has 1 amide bonds. The van der Waals surface area contributed by atoms with Crippen molar-refractivity contribution in [2.45, 2.75) is 6.42 Å². The molecule has 4 nitrogen and oxygen atoms in total. The normalized spacial score (nSPS) is 10.5. The molecule has 0 atom stereocenters. The second-order valence-electron chi connectivity index (χ2n) is 4.77. The zero-order valence-electron chi connectivity index (χ0n) is 12.5. The lowest BCUT2D eigenvalue weighted by molar-refractivity contribution is -0.120. The Morgan fingerprint density at radius 3 is 2.52 bits per heavy atom. The average Bonchev–Trinajstić information content (AvgIpc) is 2.56. The molecule has 0 spiro atoms. The minimum Gasteiger partial charge on any atom is -0.490 e. The van der Waals surface area contributed by atoms with Gasteiger partial charge in [-0.25, -0.2) is 9.82 Å². The minimum atomic E-state index is -0.326. The van der Waals surface area contributed by atoms with E-state index in [1.165, 1.54) is 12.1 Å². The third-order valence-electron chi connectivity index (χ3n) is 2.93. The van der Waals surface area contributed by atoms with Crippen LogP contribution in [0, 0.1) is 5.82 Å². The molecule has 23 heavy (non-hydrogen) atoms. The van der Waals surface area contributed by atoms with Crippen LogP contribution in [0.3, 0.4) is 0 Å². The van der Waals surface area contributed by atoms with Gasteiger partial charge in [-0.2, -0.15) is 5.10 Å². The Morgan fingerprint density at radius 2 is 1.87 bits per heavy atom. The summed E-state index contributed by atoms with van der Waals surface area (Å²) in [5, 5.41) is 3.89. The SMILES string of the molecule is C=CCOc1ccc(/C=N/NC(=O)Cc2ccc(F)cc2)cc1. The number of carbonyl (C=O) groups is 1. The summed E-state index contributed by atoms with van der Waals surface area (Å²) in [5.41, 5.74) is 3.99. The Morgan fingerprint density at radius 1 is 1.17 bits per heavy atom. The van der Waals surface area contributed by atoms with E-state index >= 15 is 0 Å². The summed E-state index contributed by atoms with van der Waals surface area (Å²) >= 11 is 0. The Bertz CT molecular complexity index is 679. The van der Waals surface area contributed by atoms with Gasteiger partial charge in [0.1, 0.15) is 18.2 Å². The molecule has 0 bridgehead atoms. The van der Waals surface area contributed by atoms with Crippen molar-refractivity contribution in [1.82, 2.24) is 5.43 Å². The van der Waals surface area contributed by atoms with Gasteiger partial charge in [0, 0.05) is 0 Å². The van der Waals surface area contributed by atoms with Crippen molar-refractivity contribution in [3.63, 3.8) is 0 Å². The van der Waals surface area contributed by atoms with Crippen LogP contribution < -0.4 is 10.2 Å². The molecular weight excluding hydrogens is 295 g/mol. The molecule has 2 aromatic carbocycles. The predicted molar refractivity (Wildman–Crippen MR) is 88.0 cm³/mol. The van der Waals surface area contributed by atoms with Crippen molar-refractivity contribution in [3.8, 4) is 5.75 Å². The summed E-state index contributed by atoms with van der Waals surface area (Å²) in [7, 11) is 0. The van der Waals surface area contributed by atoms with E-state index in [4.69, 9.17) is 4.74 Å². The molecule has 0 aromatic heterocycles. The summed E-state index contributed by atoms with van der Waals surface area (Å²) in [6, 6.07) is 13.1. The molecule has 0 aliphatic rings. The minimum absolute atomic E-state index is 0.145. The molecule has 0 unspecified atom stereocenters. The van der Waals surface area contributed by atoms with E-state index in [0.717, 1.165) is 16.9 Å². The molecule has 0 fully saturated rings. The molecule has 0 aliphatic heterocycles. The highest BCUT2D eigenvalue weighted by molar-refractivity contribution is 5.83. The zero-order chi connectivity index (χ0) is 16.5. The molecule has 2 aromatic rings. The first kappa shape index (κ1) is 16.4. The van der Waals surface area contributed by atoms with Crippen LogP contribution in [0.15, 0.2) is 66.3 Å². The zero-order valence-corrected chi connectivity index (χ0v) is 12.5. The molecule has 0 saturated carbocycles. The summed E-state index contributed by atoms with van der Waals surface area (Å²) in [6.45, 7) is 4.03. The summed E-state index contributed by atoms with van der Waals surface area (Å²) in [5.74, 6) is 0.147. The fraction of sp³-hybridized carbons (Fsp3) is 0.111. The highest BCUT2D eigenvalue weighted by Crippen LogP contribution is 2.10. The number of carbonyl (C=O) groups excluding carboxylic acids is 1. The van der Waals surface area contributed by atoms with Crippen LogP contribution in [0.2, 0.25) is 0 Å². The number of ether oxygens (including phenoxy) is 1. The number of halogens is 1. The third kappa shape index (κ3) is 5.74. The van der Waals surface area contributed by atoms with Gasteiger partial charge in [0.25, 0.3) is 0 Å². The molecule has 2 rings (SSSR count). The highest BCUT2D eigenvalue weighted by atomic mass is 19.1. The van der Waals surface area contributed by atoms with E-state index < -0.39 is 0 Å². The summed E-state index contributed by atoms with van der Waals surface area (Å²) < 4.78 is 18.1. The fourth-order valence-electron chi connectivity index (χ4n) is 1.81. The summed E-state index contributed by atoms with van der Waals surface area (Å²) in [6.07, 6.45) is 3.36. The van der Waals surface area contributed by atoms with Crippen LogP contribution >= 0.6 is 0 Å². The fourth-order valence-corrected chi connectivity index (χ4v) is 1.81. The topological polar surface area (TPSA) is 50.7 Å². The van der Waals surface area contributed by atoms with Crippen LogP contribution in [0.25, 0.3) is 0 Å². The molecule has 0 saturated heterocycles. The van der Waals surface area contributed by atoms with Crippen LogP contribution in [0.5, 0.6) is 5.75 Å². The first-order valence-corrected chi connectivity index (χ1v) is 7.07. The molecular formula is C18H17FN2O2. The maximum Gasteiger partial charge on any atom is 0.244 e. The maximum atomic E-state index is 12.8. The van der Waals surface area contributed by atoms with E-state index in [2.05, 4.69) is 17.1 Å². The van der Waals surface area contributed by atoms with Gasteiger partial charge in [-0.15, -0.1) is 0 Å². The largest absolute Gasteiger partial charge is 0.490 e. The number of hydrazone groups is 1. The van der Waals surface area contributed by atoms with Crippen LogP contribution in [0.1, 0.15) is 11.1 Å². The first-order chi connectivity index (χ1) is 11.2. The molecule has 1 N–H and O–H groups in total. The number of nitrogens with one attached hydrogen (secondary N) is 1. The smallest absolute Gasteiger partial charge is 0.244 e. The van der Waals surface area contributed by atoms with Gasteiger partial charge in [0.2, 0.25) is 5.91 Å². The van der Waals surface area contributed by atoms with E-state index in [0.29, 0.717) is 6.61 Å². The predicted octanol–water partition coefficient (Wildman–Crippen LogP) is 3.08. The molecule has 0 radical (unpaired) electrons. The van der Waals surface area contributed by atoms with Crippen molar-refractivity contribution < 1.29 is 13.9 Å². The number of hydrogen-bond donors (Lipinski definition) is 1. The Labute approximate surface area is 134 Å². The van der Waals surface area contributed by atoms with Gasteiger partial charge in [0.05, 0.1) is 12.6 Å². The Hall–Kier alpha value is -2.95. The second kappa shape index (κ2) is 8.48. The van der Waals surface area contributed by atoms with Gasteiger partial charge >= 0.3 is 0 Å². The molecule has 118 valence electrons. The van der Waals surface area contributed by atoms with Gasteiger partial charge < -0.3 is 4.74 Å². The van der Waals surface area contributed by atoms with E-state index in [1.807, 2.05) is 24.3 Å². The molecule has 0 heterocycles. The third-order valence-corrected chi connectivity index (χ3v) is 2.93. The maximum absolute atomic E-state index is 12.8. The van der Waals surface area contributed by atoms with Crippen LogP contribution in [0.4, 0.5) is 4.39 Å². The molecule has 5 heteroatoms. The number of nitrogens with zero attached hydrogens (tertiary/aromatic N) is 1. The monoisotopic (exact) mass is 312 g/mol. The van der Waals surface area contributed by atoms with Crippen molar-refractivity contribution in [2.75, 3.05) is 6.61 Å². The lowest BCUT2D eigenvalue weighted by atomic mass is 10.1. The van der Waals surface area contributed by atoms with Gasteiger partial charge in [0.15, 0.2) is 0 Å². The number of benzene rings is 2. The number of rotatable bonds is 7. The van der Waals surface area contributed by atoms with Crippen molar-refractivity contribution in [2.24, 2.45) is 5.10 Å². The van der Waals surface area contributed by atoms with Crippen molar-refractivity contribution in [3.05, 3.63) is 78.1 Å². The lowest BCUT2D eigenvalue weighted by Crippen LogP contribution is -2.19. The van der Waals surface area contributed by atoms with Gasteiger partial charge in [-0.05, 0) is 47.5 Å². The molecule has 0 aliphatic carbocycles. The Kier molecular flexibility index (Phi) is 6.06. The second-order valence-corrected chi connectivity index (χ2v) is 4.77. The lowest BCUT2D eigenvalue weighted by Gasteiger charge is -2.03. The van der Waals surface area contributed by atoms with E-state index in [9.17, 15) is 9.18 Å². The van der Waals surface area contributed by atoms with Crippen molar-refractivity contribution >= 4 is 12.1 Å². The standard InChI is InChI=1S/C18H17FN2O2/c1-2-11-23-17-9-5-15(6-10-17)13-20-21-18(22)12-14-3-7-16(19)8-4-14/h2-10,13H,1,11-12H2,(H,21,22)/b20-13+. The quantitative estimate of drug-likeness (QED) is 0.485. The number of amides is 1. The van der Waals surface area contributed by atoms with Crippen LogP contribution in [-0.4, -0.2) is 18.7 Å². The first-order valence-electron chi connectivity index (χ1n) is 7.07. The summed E-state index contributed by atoms with van der Waals surface area (Å²) in [4.78, 5) is 11.7. The number of hydrogen-bond acceptors (Lipinski definition) is 3. The Balaban J connectivity index is 1.82. The van der Waals surface area contributed by atoms with Crippen LogP contribution in [-0.2, 0) is 11.2 Å².